The van der Waals surface area contributed by atoms with Crippen LogP contribution in [0.25, 0.3) is 6.08 Å². The highest BCUT2D eigenvalue weighted by atomic mass is 16.5. The number of aliphatic hydroxyl groups is 1. The van der Waals surface area contributed by atoms with E-state index in [0.717, 1.165) is 18.6 Å². The SMILES string of the molecule is C=CC(=O)OCCC.C=CC(=O)OCCO.C=Cc1ccccc1. The summed E-state index contributed by atoms with van der Waals surface area (Å²) in [5.41, 5.74) is 1.17. The minimum atomic E-state index is -0.501. The first-order valence-electron chi connectivity index (χ1n) is 7.42. The minimum Gasteiger partial charge on any atom is -0.463 e. The minimum absolute atomic E-state index is 0.0465. The second-order valence-electron chi connectivity index (χ2n) is 4.08. The first kappa shape index (κ1) is 23.6. The molecule has 5 heteroatoms. The van der Waals surface area contributed by atoms with Gasteiger partial charge in [0.15, 0.2) is 0 Å². The fourth-order valence-electron chi connectivity index (χ4n) is 1.06. The van der Waals surface area contributed by atoms with Crippen LogP contribution in [0, 0.1) is 0 Å². The molecule has 0 unspecified atom stereocenters. The second kappa shape index (κ2) is 18.4. The predicted octanol–water partition coefficient (Wildman–Crippen LogP) is 3.16. The van der Waals surface area contributed by atoms with E-state index in [2.05, 4.69) is 29.2 Å². The molecule has 0 bridgehead atoms. The molecule has 0 aromatic heterocycles. The monoisotopic (exact) mass is 334 g/mol. The summed E-state index contributed by atoms with van der Waals surface area (Å²) in [6.45, 7) is 12.4. The molecule has 5 nitrogen and oxygen atoms in total. The molecular formula is C19H26O5. The molecule has 0 aliphatic carbocycles. The molecule has 0 atom stereocenters. The lowest BCUT2D eigenvalue weighted by atomic mass is 10.2. The Balaban J connectivity index is 0. The van der Waals surface area contributed by atoms with Crippen molar-refractivity contribution in [2.24, 2.45) is 0 Å². The van der Waals surface area contributed by atoms with E-state index in [9.17, 15) is 9.59 Å². The van der Waals surface area contributed by atoms with Crippen molar-refractivity contribution < 1.29 is 24.2 Å². The molecule has 0 heterocycles. The van der Waals surface area contributed by atoms with E-state index in [4.69, 9.17) is 5.11 Å². The van der Waals surface area contributed by atoms with Gasteiger partial charge in [0.05, 0.1) is 13.2 Å². The van der Waals surface area contributed by atoms with Gasteiger partial charge in [-0.25, -0.2) is 9.59 Å². The maximum absolute atomic E-state index is 10.2. The van der Waals surface area contributed by atoms with Crippen molar-refractivity contribution in [2.45, 2.75) is 13.3 Å². The summed E-state index contributed by atoms with van der Waals surface area (Å²) in [5.74, 6) is -0.842. The van der Waals surface area contributed by atoms with Crippen LogP contribution in [0.15, 0.2) is 62.2 Å². The lowest BCUT2D eigenvalue weighted by Crippen LogP contribution is -2.04. The Morgan fingerprint density at radius 2 is 1.50 bits per heavy atom. The number of carbonyl (C=O) groups excluding carboxylic acids is 2. The maximum atomic E-state index is 10.2. The third-order valence-corrected chi connectivity index (χ3v) is 2.15. The Labute approximate surface area is 143 Å². The number of hydrogen-bond acceptors (Lipinski definition) is 5. The van der Waals surface area contributed by atoms with Crippen LogP contribution in [0.1, 0.15) is 18.9 Å². The fraction of sp³-hybridized carbons (Fsp3) is 0.263. The van der Waals surface area contributed by atoms with Crippen molar-refractivity contribution in [1.29, 1.82) is 0 Å². The molecule has 0 fully saturated rings. The fourth-order valence-corrected chi connectivity index (χ4v) is 1.06. The molecule has 1 aromatic carbocycles. The zero-order valence-corrected chi connectivity index (χ0v) is 14.1. The van der Waals surface area contributed by atoms with Crippen molar-refractivity contribution in [2.75, 3.05) is 19.8 Å². The van der Waals surface area contributed by atoms with Crippen LogP contribution in [0.5, 0.6) is 0 Å². The molecule has 0 amide bonds. The average Bonchev–Trinajstić information content (AvgIpc) is 2.65. The first-order chi connectivity index (χ1) is 11.5. The van der Waals surface area contributed by atoms with E-state index in [1.807, 2.05) is 43.3 Å². The molecule has 1 N–H and O–H groups in total. The van der Waals surface area contributed by atoms with E-state index in [1.54, 1.807) is 0 Å². The van der Waals surface area contributed by atoms with Crippen LogP contribution in [-0.2, 0) is 19.1 Å². The molecule has 0 saturated heterocycles. The van der Waals surface area contributed by atoms with E-state index in [-0.39, 0.29) is 19.2 Å². The van der Waals surface area contributed by atoms with Gasteiger partial charge in [0.25, 0.3) is 0 Å². The van der Waals surface area contributed by atoms with Gasteiger partial charge in [0.1, 0.15) is 6.61 Å². The third kappa shape index (κ3) is 17.4. The Bertz CT molecular complexity index is 456. The summed E-state index contributed by atoms with van der Waals surface area (Å²) in [4.78, 5) is 20.3. The molecule has 24 heavy (non-hydrogen) atoms. The lowest BCUT2D eigenvalue weighted by Gasteiger charge is -1.94. The van der Waals surface area contributed by atoms with Crippen LogP contribution >= 0.6 is 0 Å². The maximum Gasteiger partial charge on any atom is 0.330 e. The molecular weight excluding hydrogens is 308 g/mol. The van der Waals surface area contributed by atoms with Gasteiger partial charge in [-0.15, -0.1) is 0 Å². The van der Waals surface area contributed by atoms with Gasteiger partial charge >= 0.3 is 11.9 Å². The smallest absolute Gasteiger partial charge is 0.330 e. The second-order valence-corrected chi connectivity index (χ2v) is 4.08. The normalized spacial score (nSPS) is 8.25. The number of esters is 2. The van der Waals surface area contributed by atoms with Crippen LogP contribution in [-0.4, -0.2) is 36.9 Å². The van der Waals surface area contributed by atoms with Gasteiger partial charge in [-0.2, -0.15) is 0 Å². The predicted molar refractivity (Wildman–Crippen MR) is 96.2 cm³/mol. The average molecular weight is 334 g/mol. The van der Waals surface area contributed by atoms with E-state index >= 15 is 0 Å². The van der Waals surface area contributed by atoms with Crippen LogP contribution in [0.3, 0.4) is 0 Å². The molecule has 0 radical (unpaired) electrons. The summed E-state index contributed by atoms with van der Waals surface area (Å²) in [5, 5.41) is 8.10. The van der Waals surface area contributed by atoms with Crippen LogP contribution in [0.4, 0.5) is 0 Å². The summed E-state index contributed by atoms with van der Waals surface area (Å²) in [7, 11) is 0. The number of benzene rings is 1. The first-order valence-corrected chi connectivity index (χ1v) is 7.42. The highest BCUT2D eigenvalue weighted by Crippen LogP contribution is 1.97. The largest absolute Gasteiger partial charge is 0.463 e. The van der Waals surface area contributed by atoms with Crippen molar-refractivity contribution in [1.82, 2.24) is 0 Å². The van der Waals surface area contributed by atoms with Gasteiger partial charge < -0.3 is 14.6 Å². The van der Waals surface area contributed by atoms with Crippen LogP contribution in [0.2, 0.25) is 0 Å². The van der Waals surface area contributed by atoms with E-state index < -0.39 is 5.97 Å². The van der Waals surface area contributed by atoms with Crippen LogP contribution < -0.4 is 0 Å². The summed E-state index contributed by atoms with van der Waals surface area (Å²) in [6.07, 6.45) is 4.91. The number of carbonyl (C=O) groups is 2. The molecule has 0 aliphatic heterocycles. The number of aliphatic hydroxyl groups excluding tert-OH is 1. The molecule has 0 aliphatic rings. The van der Waals surface area contributed by atoms with Gasteiger partial charge in [0.2, 0.25) is 0 Å². The van der Waals surface area contributed by atoms with Gasteiger partial charge in [0, 0.05) is 12.2 Å². The van der Waals surface area contributed by atoms with Crippen molar-refractivity contribution in [3.63, 3.8) is 0 Å². The Hall–Kier alpha value is -2.66. The zero-order valence-electron chi connectivity index (χ0n) is 14.1. The highest BCUT2D eigenvalue weighted by Gasteiger charge is 1.90. The number of hydrogen-bond donors (Lipinski definition) is 1. The number of ether oxygens (including phenoxy) is 2. The Kier molecular flexibility index (Phi) is 18.1. The third-order valence-electron chi connectivity index (χ3n) is 2.15. The van der Waals surface area contributed by atoms with Gasteiger partial charge in [-0.1, -0.05) is 63.1 Å². The van der Waals surface area contributed by atoms with Gasteiger partial charge in [-0.3, -0.25) is 0 Å². The molecule has 1 rings (SSSR count). The van der Waals surface area contributed by atoms with Crippen molar-refractivity contribution in [3.05, 3.63) is 67.8 Å². The Morgan fingerprint density at radius 1 is 1.00 bits per heavy atom. The number of rotatable bonds is 7. The molecule has 132 valence electrons. The summed E-state index contributed by atoms with van der Waals surface area (Å²) >= 11 is 0. The van der Waals surface area contributed by atoms with Gasteiger partial charge in [-0.05, 0) is 12.0 Å². The van der Waals surface area contributed by atoms with Crippen molar-refractivity contribution in [3.8, 4) is 0 Å². The standard InChI is InChI=1S/C8H8.C6H10O2.C5H8O3/c1-2-8-6-4-3-5-7-8;1-3-5-8-6(7)4-2;1-2-5(7)8-4-3-6/h2-7H,1H2;4H,2-3,5H2,1H3;2,6H,1,3-4H2. The zero-order chi connectivity index (χ0) is 18.6. The summed E-state index contributed by atoms with van der Waals surface area (Å²) in [6, 6.07) is 10.0. The quantitative estimate of drug-likeness (QED) is 0.612. The summed E-state index contributed by atoms with van der Waals surface area (Å²) < 4.78 is 8.92. The highest BCUT2D eigenvalue weighted by molar-refractivity contribution is 5.81. The van der Waals surface area contributed by atoms with E-state index in [1.165, 1.54) is 5.56 Å². The molecule has 0 saturated carbocycles. The Morgan fingerprint density at radius 3 is 1.83 bits per heavy atom. The van der Waals surface area contributed by atoms with E-state index in [0.29, 0.717) is 6.61 Å². The molecule has 1 aromatic rings. The topological polar surface area (TPSA) is 72.8 Å². The molecule has 0 spiro atoms. The van der Waals surface area contributed by atoms with Crippen molar-refractivity contribution >= 4 is 18.0 Å². The lowest BCUT2D eigenvalue weighted by molar-refractivity contribution is -0.139.